The Labute approximate surface area is 129 Å². The van der Waals surface area contributed by atoms with E-state index in [2.05, 4.69) is 5.32 Å². The van der Waals surface area contributed by atoms with Crippen LogP contribution in [0.5, 0.6) is 0 Å². The van der Waals surface area contributed by atoms with Gasteiger partial charge in [-0.15, -0.1) is 0 Å². The van der Waals surface area contributed by atoms with Gasteiger partial charge in [-0.3, -0.25) is 14.9 Å². The van der Waals surface area contributed by atoms with Crippen molar-refractivity contribution in [3.63, 3.8) is 0 Å². The predicted octanol–water partition coefficient (Wildman–Crippen LogP) is 2.26. The zero-order chi connectivity index (χ0) is 15.9. The number of hydrogen-bond acceptors (Lipinski definition) is 4. The van der Waals surface area contributed by atoms with Gasteiger partial charge in [0.2, 0.25) is 0 Å². The highest BCUT2D eigenvalue weighted by molar-refractivity contribution is 5.96. The summed E-state index contributed by atoms with van der Waals surface area (Å²) in [5.41, 5.74) is 1.23. The van der Waals surface area contributed by atoms with Crippen molar-refractivity contribution >= 4 is 11.6 Å². The molecular formula is C16H21N3O3. The highest BCUT2D eigenvalue weighted by Crippen LogP contribution is 2.30. The van der Waals surface area contributed by atoms with Gasteiger partial charge in [0.25, 0.3) is 11.6 Å². The average Bonchev–Trinajstić information content (AvgIpc) is 2.84. The molecule has 6 heteroatoms. The first-order valence-corrected chi connectivity index (χ1v) is 7.74. The highest BCUT2D eigenvalue weighted by atomic mass is 16.6. The van der Waals surface area contributed by atoms with Crippen molar-refractivity contribution in [3.05, 3.63) is 39.4 Å². The predicted molar refractivity (Wildman–Crippen MR) is 82.9 cm³/mol. The Morgan fingerprint density at radius 3 is 2.50 bits per heavy atom. The Hall–Kier alpha value is -1.95. The molecule has 0 aromatic heterocycles. The van der Waals surface area contributed by atoms with Crippen molar-refractivity contribution in [3.8, 4) is 0 Å². The Kier molecular flexibility index (Phi) is 3.87. The van der Waals surface area contributed by atoms with Gasteiger partial charge in [-0.25, -0.2) is 0 Å². The maximum absolute atomic E-state index is 12.7. The van der Waals surface area contributed by atoms with Crippen LogP contribution in [0.3, 0.4) is 0 Å². The molecule has 2 aliphatic heterocycles. The van der Waals surface area contributed by atoms with Crippen molar-refractivity contribution in [1.82, 2.24) is 10.2 Å². The Bertz CT molecular complexity index is 605. The molecule has 22 heavy (non-hydrogen) atoms. The van der Waals surface area contributed by atoms with E-state index in [1.54, 1.807) is 13.0 Å². The van der Waals surface area contributed by atoms with Gasteiger partial charge in [-0.1, -0.05) is 0 Å². The second-order valence-corrected chi connectivity index (χ2v) is 6.44. The number of nitro benzene ring substituents is 1. The van der Waals surface area contributed by atoms with Crippen molar-refractivity contribution in [1.29, 1.82) is 0 Å². The molecule has 0 saturated carbocycles. The number of piperidine rings is 1. The molecule has 6 nitrogen and oxygen atoms in total. The van der Waals surface area contributed by atoms with Gasteiger partial charge in [0.1, 0.15) is 0 Å². The highest BCUT2D eigenvalue weighted by Gasteiger charge is 2.36. The molecule has 3 rings (SSSR count). The number of nitro groups is 1. The molecule has 1 aromatic carbocycles. The number of carbonyl (C=O) groups is 1. The molecule has 0 spiro atoms. The van der Waals surface area contributed by atoms with Crippen LogP contribution in [0.25, 0.3) is 0 Å². The Morgan fingerprint density at radius 2 is 1.95 bits per heavy atom. The summed E-state index contributed by atoms with van der Waals surface area (Å²) in [6, 6.07) is 5.74. The fraction of sp³-hybridized carbons (Fsp3) is 0.562. The van der Waals surface area contributed by atoms with E-state index in [1.807, 2.05) is 11.9 Å². The van der Waals surface area contributed by atoms with Crippen LogP contribution in [0.1, 0.15) is 41.6 Å². The summed E-state index contributed by atoms with van der Waals surface area (Å²) in [5.74, 6) is -0.0429. The van der Waals surface area contributed by atoms with E-state index < -0.39 is 4.92 Å². The second kappa shape index (κ2) is 5.68. The number of nitrogens with one attached hydrogen (secondary N) is 1. The number of benzene rings is 1. The van der Waals surface area contributed by atoms with Crippen molar-refractivity contribution in [2.75, 3.05) is 7.05 Å². The lowest BCUT2D eigenvalue weighted by Crippen LogP contribution is -2.48. The van der Waals surface area contributed by atoms with E-state index in [0.717, 1.165) is 12.8 Å². The molecule has 2 fully saturated rings. The van der Waals surface area contributed by atoms with Crippen LogP contribution in [0.4, 0.5) is 5.69 Å². The van der Waals surface area contributed by atoms with Gasteiger partial charge in [0, 0.05) is 42.9 Å². The van der Waals surface area contributed by atoms with Gasteiger partial charge >= 0.3 is 0 Å². The number of non-ortho nitro benzene ring substituents is 1. The average molecular weight is 303 g/mol. The van der Waals surface area contributed by atoms with E-state index in [9.17, 15) is 14.9 Å². The van der Waals surface area contributed by atoms with E-state index in [-0.39, 0.29) is 17.6 Å². The Balaban J connectivity index is 1.77. The van der Waals surface area contributed by atoms with Crippen molar-refractivity contribution in [2.24, 2.45) is 0 Å². The quantitative estimate of drug-likeness (QED) is 0.686. The zero-order valence-corrected chi connectivity index (χ0v) is 12.9. The molecule has 0 radical (unpaired) electrons. The minimum atomic E-state index is -0.435. The molecule has 2 unspecified atom stereocenters. The first-order chi connectivity index (χ1) is 10.5. The summed E-state index contributed by atoms with van der Waals surface area (Å²) < 4.78 is 0. The number of carbonyl (C=O) groups excluding carboxylic acids is 1. The van der Waals surface area contributed by atoms with Crippen LogP contribution in [-0.4, -0.2) is 40.9 Å². The molecule has 2 bridgehead atoms. The largest absolute Gasteiger partial charge is 0.339 e. The molecule has 2 saturated heterocycles. The van der Waals surface area contributed by atoms with Crippen LogP contribution in [0, 0.1) is 17.0 Å². The lowest BCUT2D eigenvalue weighted by atomic mass is 9.97. The second-order valence-electron chi connectivity index (χ2n) is 6.44. The summed E-state index contributed by atoms with van der Waals surface area (Å²) in [5, 5.41) is 14.4. The molecule has 118 valence electrons. The molecule has 0 aliphatic carbocycles. The number of amides is 1. The van der Waals surface area contributed by atoms with Gasteiger partial charge in [-0.05, 0) is 44.2 Å². The molecule has 1 aromatic rings. The lowest BCUT2D eigenvalue weighted by Gasteiger charge is -2.35. The van der Waals surface area contributed by atoms with Crippen LogP contribution < -0.4 is 5.32 Å². The summed E-state index contributed by atoms with van der Waals surface area (Å²) in [4.78, 5) is 24.9. The summed E-state index contributed by atoms with van der Waals surface area (Å²) >= 11 is 0. The number of nitrogens with zero attached hydrogens (tertiary/aromatic N) is 2. The van der Waals surface area contributed by atoms with E-state index >= 15 is 0 Å². The summed E-state index contributed by atoms with van der Waals surface area (Å²) in [7, 11) is 1.85. The first kappa shape index (κ1) is 15.0. The van der Waals surface area contributed by atoms with Gasteiger partial charge in [0.15, 0.2) is 0 Å². The standard InChI is InChI=1S/C16H21N3O3/c1-10-7-13(19(21)22)5-6-15(10)16(20)18(2)14-8-11-3-4-12(9-14)17-11/h5-7,11-12,14,17H,3-4,8-9H2,1-2H3. The molecule has 1 N–H and O–H groups in total. The van der Waals surface area contributed by atoms with Gasteiger partial charge in [0.05, 0.1) is 4.92 Å². The zero-order valence-electron chi connectivity index (χ0n) is 12.9. The molecule has 1 amide bonds. The van der Waals surface area contributed by atoms with Crippen LogP contribution in [-0.2, 0) is 0 Å². The maximum Gasteiger partial charge on any atom is 0.269 e. The fourth-order valence-electron chi connectivity index (χ4n) is 3.70. The third-order valence-corrected chi connectivity index (χ3v) is 4.97. The van der Waals surface area contributed by atoms with Crippen LogP contribution in [0.2, 0.25) is 0 Å². The molecule has 2 aliphatic rings. The lowest BCUT2D eigenvalue weighted by molar-refractivity contribution is -0.384. The minimum absolute atomic E-state index is 0.0246. The number of hydrogen-bond donors (Lipinski definition) is 1. The minimum Gasteiger partial charge on any atom is -0.339 e. The third-order valence-electron chi connectivity index (χ3n) is 4.97. The summed E-state index contributed by atoms with van der Waals surface area (Å²) in [6.45, 7) is 1.75. The smallest absolute Gasteiger partial charge is 0.269 e. The number of rotatable bonds is 3. The molecular weight excluding hydrogens is 282 g/mol. The van der Waals surface area contributed by atoms with Crippen LogP contribution in [0.15, 0.2) is 18.2 Å². The number of aryl methyl sites for hydroxylation is 1. The van der Waals surface area contributed by atoms with Crippen molar-refractivity contribution in [2.45, 2.75) is 50.7 Å². The maximum atomic E-state index is 12.7. The normalized spacial score (nSPS) is 26.7. The van der Waals surface area contributed by atoms with E-state index in [1.165, 1.54) is 25.0 Å². The third kappa shape index (κ3) is 2.70. The van der Waals surface area contributed by atoms with E-state index in [0.29, 0.717) is 23.2 Å². The first-order valence-electron chi connectivity index (χ1n) is 7.74. The SMILES string of the molecule is Cc1cc([N+](=O)[O-])ccc1C(=O)N(C)C1CC2CCC(C1)N2. The van der Waals surface area contributed by atoms with E-state index in [4.69, 9.17) is 0 Å². The molecule has 2 atom stereocenters. The van der Waals surface area contributed by atoms with Crippen LogP contribution >= 0.6 is 0 Å². The van der Waals surface area contributed by atoms with Gasteiger partial charge in [-0.2, -0.15) is 0 Å². The van der Waals surface area contributed by atoms with Gasteiger partial charge < -0.3 is 10.2 Å². The van der Waals surface area contributed by atoms with Crippen molar-refractivity contribution < 1.29 is 9.72 Å². The Morgan fingerprint density at radius 1 is 1.32 bits per heavy atom. The molecule has 2 heterocycles. The monoisotopic (exact) mass is 303 g/mol. The fourth-order valence-corrected chi connectivity index (χ4v) is 3.70. The topological polar surface area (TPSA) is 75.5 Å². The summed E-state index contributed by atoms with van der Waals surface area (Å²) in [6.07, 6.45) is 4.37. The number of fused-ring (bicyclic) bond motifs is 2.